The number of alkyl halides is 3. The molecule has 0 fully saturated rings. The van der Waals surface area contributed by atoms with Crippen molar-refractivity contribution < 1.29 is 42.5 Å². The van der Waals surface area contributed by atoms with E-state index in [9.17, 15) is 27.9 Å². The topological polar surface area (TPSA) is 143 Å². The number of fused-ring (bicyclic) bond motifs is 1. The fourth-order valence-electron chi connectivity index (χ4n) is 3.78. The molecule has 12 heteroatoms. The third kappa shape index (κ3) is 8.81. The lowest BCUT2D eigenvalue weighted by atomic mass is 9.95. The molecule has 1 aliphatic heterocycles. The van der Waals surface area contributed by atoms with Crippen LogP contribution in [0.5, 0.6) is 5.75 Å². The van der Waals surface area contributed by atoms with Gasteiger partial charge >= 0.3 is 18.1 Å². The Balaban J connectivity index is 0.000000604. The Labute approximate surface area is 211 Å². The molecule has 9 nitrogen and oxygen atoms in total. The number of carbonyl (C=O) groups excluding carboxylic acids is 1. The second-order valence-corrected chi connectivity index (χ2v) is 8.22. The van der Waals surface area contributed by atoms with Crippen molar-refractivity contribution in [1.82, 2.24) is 4.90 Å². The number of carboxylic acid groups (broad SMARTS) is 2. The standard InChI is InChI=1S/C23H27N3O4.C2HF3O2/c1-2-3-19(13-22(27)28)26-11-10-18-12-20(8-9-21(18)23(26)29)30-15-17-6-4-16(5-7-17)14-25-24;3-2(4,5)1(6)7/h4-9,12,14,19H,2-3,10-11,13,15,24H2,1H3,(H,27,28);(H,6,7). The molecule has 37 heavy (non-hydrogen) atoms. The number of carbonyl (C=O) groups is 3. The second kappa shape index (κ2) is 13.3. The Morgan fingerprint density at radius 2 is 1.84 bits per heavy atom. The van der Waals surface area contributed by atoms with E-state index in [1.54, 1.807) is 23.2 Å². The number of hydrogen-bond donors (Lipinski definition) is 3. The zero-order valence-corrected chi connectivity index (χ0v) is 20.1. The summed E-state index contributed by atoms with van der Waals surface area (Å²) in [5, 5.41) is 19.8. The van der Waals surface area contributed by atoms with Crippen molar-refractivity contribution in [2.24, 2.45) is 10.9 Å². The predicted octanol–water partition coefficient (Wildman–Crippen LogP) is 3.83. The Bertz CT molecular complexity index is 1120. The van der Waals surface area contributed by atoms with Gasteiger partial charge in [-0.25, -0.2) is 4.79 Å². The number of carboxylic acids is 2. The molecule has 1 unspecified atom stereocenters. The van der Waals surface area contributed by atoms with Crippen LogP contribution in [0.2, 0.25) is 0 Å². The zero-order valence-electron chi connectivity index (χ0n) is 20.1. The lowest BCUT2D eigenvalue weighted by molar-refractivity contribution is -0.192. The smallest absolute Gasteiger partial charge is 0.489 e. The molecule has 0 aliphatic carbocycles. The van der Waals surface area contributed by atoms with Crippen LogP contribution in [0.3, 0.4) is 0 Å². The van der Waals surface area contributed by atoms with Gasteiger partial charge in [0.1, 0.15) is 12.4 Å². The van der Waals surface area contributed by atoms with Gasteiger partial charge in [-0.15, -0.1) is 0 Å². The van der Waals surface area contributed by atoms with E-state index in [4.69, 9.17) is 20.5 Å². The van der Waals surface area contributed by atoms with E-state index in [0.29, 0.717) is 37.3 Å². The summed E-state index contributed by atoms with van der Waals surface area (Å²) in [6.45, 7) is 2.94. The third-order valence-electron chi connectivity index (χ3n) is 5.51. The second-order valence-electron chi connectivity index (χ2n) is 8.22. The average molecular weight is 524 g/mol. The number of ether oxygens (including phenoxy) is 1. The molecule has 0 saturated carbocycles. The predicted molar refractivity (Wildman–Crippen MR) is 128 cm³/mol. The number of amides is 1. The molecule has 0 spiro atoms. The van der Waals surface area contributed by atoms with Gasteiger partial charge in [-0.3, -0.25) is 9.59 Å². The van der Waals surface area contributed by atoms with Crippen LogP contribution in [0.4, 0.5) is 13.2 Å². The number of aliphatic carboxylic acids is 2. The van der Waals surface area contributed by atoms with Crippen LogP contribution in [0.1, 0.15) is 53.2 Å². The maximum Gasteiger partial charge on any atom is 0.490 e. The quantitative estimate of drug-likeness (QED) is 0.258. The molecule has 0 bridgehead atoms. The van der Waals surface area contributed by atoms with Crippen LogP contribution in [0.15, 0.2) is 47.6 Å². The average Bonchev–Trinajstić information content (AvgIpc) is 2.83. The molecule has 2 aromatic rings. The lowest BCUT2D eigenvalue weighted by Gasteiger charge is -2.35. The molecular weight excluding hydrogens is 495 g/mol. The molecule has 3 rings (SSSR count). The van der Waals surface area contributed by atoms with Gasteiger partial charge in [0, 0.05) is 18.2 Å². The van der Waals surface area contributed by atoms with E-state index in [2.05, 4.69) is 5.10 Å². The van der Waals surface area contributed by atoms with Crippen molar-refractivity contribution in [2.75, 3.05) is 6.54 Å². The largest absolute Gasteiger partial charge is 0.490 e. The molecule has 1 atom stereocenters. The number of nitrogens with two attached hydrogens (primary N) is 1. The first-order valence-corrected chi connectivity index (χ1v) is 11.4. The van der Waals surface area contributed by atoms with Gasteiger partial charge in [-0.2, -0.15) is 18.3 Å². The minimum atomic E-state index is -5.08. The van der Waals surface area contributed by atoms with Crippen LogP contribution in [0.25, 0.3) is 0 Å². The first-order valence-electron chi connectivity index (χ1n) is 11.4. The van der Waals surface area contributed by atoms with Crippen molar-refractivity contribution in [3.05, 3.63) is 64.7 Å². The fourth-order valence-corrected chi connectivity index (χ4v) is 3.78. The highest BCUT2D eigenvalue weighted by Crippen LogP contribution is 2.27. The van der Waals surface area contributed by atoms with Crippen molar-refractivity contribution in [1.29, 1.82) is 0 Å². The van der Waals surface area contributed by atoms with Gasteiger partial charge in [-0.05, 0) is 47.7 Å². The summed E-state index contributed by atoms with van der Waals surface area (Å²) in [6.07, 6.45) is -1.32. The Morgan fingerprint density at radius 1 is 1.19 bits per heavy atom. The van der Waals surface area contributed by atoms with E-state index in [1.807, 2.05) is 37.3 Å². The summed E-state index contributed by atoms with van der Waals surface area (Å²) < 4.78 is 37.6. The highest BCUT2D eigenvalue weighted by Gasteiger charge is 2.38. The molecule has 2 aromatic carbocycles. The van der Waals surface area contributed by atoms with Gasteiger partial charge in [0.05, 0.1) is 12.6 Å². The molecule has 0 aromatic heterocycles. The molecule has 1 heterocycles. The number of rotatable bonds is 9. The van der Waals surface area contributed by atoms with E-state index in [-0.39, 0.29) is 18.4 Å². The number of hydrogen-bond acceptors (Lipinski definition) is 6. The summed E-state index contributed by atoms with van der Waals surface area (Å²) in [4.78, 5) is 34.8. The summed E-state index contributed by atoms with van der Waals surface area (Å²) in [7, 11) is 0. The fraction of sp³-hybridized carbons (Fsp3) is 0.360. The monoisotopic (exact) mass is 523 g/mol. The minimum Gasteiger partial charge on any atom is -0.489 e. The Kier molecular flexibility index (Phi) is 10.5. The SMILES string of the molecule is CCCC(CC(=O)O)N1CCc2cc(OCc3ccc(C=NN)cc3)ccc2C1=O.O=C(O)C(F)(F)F. The number of hydrazone groups is 1. The number of nitrogens with zero attached hydrogens (tertiary/aromatic N) is 2. The first-order chi connectivity index (χ1) is 17.5. The van der Waals surface area contributed by atoms with Crippen LogP contribution >= 0.6 is 0 Å². The molecule has 1 amide bonds. The molecule has 1 aliphatic rings. The Morgan fingerprint density at radius 3 is 2.38 bits per heavy atom. The van der Waals surface area contributed by atoms with Gasteiger partial charge in [0.15, 0.2) is 0 Å². The third-order valence-corrected chi connectivity index (χ3v) is 5.51. The summed E-state index contributed by atoms with van der Waals surface area (Å²) in [5.41, 5.74) is 3.50. The highest BCUT2D eigenvalue weighted by molar-refractivity contribution is 5.97. The van der Waals surface area contributed by atoms with Crippen molar-refractivity contribution >= 4 is 24.1 Å². The van der Waals surface area contributed by atoms with Gasteiger partial charge in [-0.1, -0.05) is 37.6 Å². The van der Waals surface area contributed by atoms with E-state index < -0.39 is 18.1 Å². The van der Waals surface area contributed by atoms with E-state index in [0.717, 1.165) is 23.1 Å². The van der Waals surface area contributed by atoms with Crippen LogP contribution in [0, 0.1) is 0 Å². The normalized spacial score (nSPS) is 13.9. The van der Waals surface area contributed by atoms with Crippen molar-refractivity contribution in [3.8, 4) is 5.75 Å². The Hall–Kier alpha value is -4.09. The van der Waals surface area contributed by atoms with Gasteiger partial charge < -0.3 is 25.7 Å². The first kappa shape index (κ1) is 29.1. The van der Waals surface area contributed by atoms with Crippen molar-refractivity contribution in [3.63, 3.8) is 0 Å². The van der Waals surface area contributed by atoms with E-state index >= 15 is 0 Å². The van der Waals surface area contributed by atoms with Crippen LogP contribution in [-0.2, 0) is 22.6 Å². The van der Waals surface area contributed by atoms with Crippen LogP contribution < -0.4 is 10.6 Å². The summed E-state index contributed by atoms with van der Waals surface area (Å²) in [6, 6.07) is 13.0. The zero-order chi connectivity index (χ0) is 27.6. The van der Waals surface area contributed by atoms with Crippen molar-refractivity contribution in [2.45, 2.75) is 51.4 Å². The molecule has 4 N–H and O–H groups in total. The van der Waals surface area contributed by atoms with E-state index in [1.165, 1.54) is 0 Å². The molecule has 200 valence electrons. The van der Waals surface area contributed by atoms with Gasteiger partial charge in [0.25, 0.3) is 5.91 Å². The highest BCUT2D eigenvalue weighted by atomic mass is 19.4. The number of halogens is 3. The number of benzene rings is 2. The maximum absolute atomic E-state index is 13.0. The van der Waals surface area contributed by atoms with Crippen LogP contribution in [-0.4, -0.2) is 57.9 Å². The summed E-state index contributed by atoms with van der Waals surface area (Å²) >= 11 is 0. The maximum atomic E-state index is 13.0. The lowest BCUT2D eigenvalue weighted by Crippen LogP contribution is -2.45. The molecule has 0 radical (unpaired) electrons. The minimum absolute atomic E-state index is 0.0218. The molecule has 0 saturated heterocycles. The van der Waals surface area contributed by atoms with Gasteiger partial charge in [0.2, 0.25) is 0 Å². The summed E-state index contributed by atoms with van der Waals surface area (Å²) in [5.74, 6) is 2.13. The molecular formula is C25H28F3N3O6.